The minimum Gasteiger partial charge on any atom is -0.478 e. The van der Waals surface area contributed by atoms with E-state index in [4.69, 9.17) is 5.11 Å². The van der Waals surface area contributed by atoms with Gasteiger partial charge in [0, 0.05) is 5.57 Å². The zero-order valence-electron chi connectivity index (χ0n) is 6.36. The second-order valence-electron chi connectivity index (χ2n) is 2.96. The standard InChI is InChI=1S/C7H6F4O2/c1-3(5(12)13)4-6(8,9)2-7(4,10)11/h4H,1-2H2,(H,12,13). The van der Waals surface area contributed by atoms with E-state index in [1.54, 1.807) is 0 Å². The average molecular weight is 198 g/mol. The van der Waals surface area contributed by atoms with Gasteiger partial charge in [0.2, 0.25) is 0 Å². The summed E-state index contributed by atoms with van der Waals surface area (Å²) in [5, 5.41) is 8.22. The van der Waals surface area contributed by atoms with Crippen molar-refractivity contribution in [2.45, 2.75) is 18.3 Å². The first-order valence-corrected chi connectivity index (χ1v) is 3.36. The number of hydrogen-bond donors (Lipinski definition) is 1. The maximum atomic E-state index is 12.5. The predicted molar refractivity (Wildman–Crippen MR) is 34.8 cm³/mol. The van der Waals surface area contributed by atoms with Crippen molar-refractivity contribution < 1.29 is 27.5 Å². The predicted octanol–water partition coefficient (Wildman–Crippen LogP) is 1.92. The van der Waals surface area contributed by atoms with E-state index in [0.29, 0.717) is 0 Å². The van der Waals surface area contributed by atoms with E-state index >= 15 is 0 Å². The van der Waals surface area contributed by atoms with Crippen molar-refractivity contribution in [2.24, 2.45) is 5.92 Å². The summed E-state index contributed by atoms with van der Waals surface area (Å²) < 4.78 is 50.0. The summed E-state index contributed by atoms with van der Waals surface area (Å²) in [7, 11) is 0. The van der Waals surface area contributed by atoms with E-state index < -0.39 is 35.7 Å². The van der Waals surface area contributed by atoms with Crippen LogP contribution in [0.5, 0.6) is 0 Å². The quantitative estimate of drug-likeness (QED) is 0.543. The van der Waals surface area contributed by atoms with Crippen LogP contribution in [-0.4, -0.2) is 22.9 Å². The van der Waals surface area contributed by atoms with Gasteiger partial charge in [-0.2, -0.15) is 0 Å². The van der Waals surface area contributed by atoms with Crippen molar-refractivity contribution in [3.8, 4) is 0 Å². The zero-order chi connectivity index (χ0) is 10.4. The van der Waals surface area contributed by atoms with Crippen molar-refractivity contribution in [3.05, 3.63) is 12.2 Å². The van der Waals surface area contributed by atoms with Crippen molar-refractivity contribution in [2.75, 3.05) is 0 Å². The van der Waals surface area contributed by atoms with E-state index in [1.807, 2.05) is 0 Å². The third kappa shape index (κ3) is 1.40. The summed E-state index contributed by atoms with van der Waals surface area (Å²) in [6.07, 6.45) is -1.60. The molecule has 6 heteroatoms. The lowest BCUT2D eigenvalue weighted by molar-refractivity contribution is -0.270. The second kappa shape index (κ2) is 2.46. The molecule has 1 aliphatic rings. The fraction of sp³-hybridized carbons (Fsp3) is 0.571. The van der Waals surface area contributed by atoms with E-state index in [0.717, 1.165) is 0 Å². The summed E-state index contributed by atoms with van der Waals surface area (Å²) in [6, 6.07) is 0. The van der Waals surface area contributed by atoms with E-state index in [-0.39, 0.29) is 0 Å². The molecule has 1 fully saturated rings. The number of aliphatic carboxylic acids is 1. The molecular weight excluding hydrogens is 192 g/mol. The molecule has 0 radical (unpaired) electrons. The molecule has 0 aromatic carbocycles. The van der Waals surface area contributed by atoms with Crippen LogP contribution in [0.15, 0.2) is 12.2 Å². The van der Waals surface area contributed by atoms with Crippen molar-refractivity contribution in [3.63, 3.8) is 0 Å². The fourth-order valence-electron chi connectivity index (χ4n) is 1.33. The number of hydrogen-bond acceptors (Lipinski definition) is 1. The van der Waals surface area contributed by atoms with Crippen LogP contribution in [0.25, 0.3) is 0 Å². The van der Waals surface area contributed by atoms with Crippen LogP contribution in [0.1, 0.15) is 6.42 Å². The molecule has 0 heterocycles. The summed E-state index contributed by atoms with van der Waals surface area (Å²) in [5.74, 6) is -11.7. The Morgan fingerprint density at radius 3 is 1.85 bits per heavy atom. The van der Waals surface area contributed by atoms with Gasteiger partial charge >= 0.3 is 5.97 Å². The molecule has 1 N–H and O–H groups in total. The maximum absolute atomic E-state index is 12.5. The highest BCUT2D eigenvalue weighted by Crippen LogP contribution is 2.57. The lowest BCUT2D eigenvalue weighted by Gasteiger charge is -2.43. The smallest absolute Gasteiger partial charge is 0.331 e. The Morgan fingerprint density at radius 2 is 1.69 bits per heavy atom. The minimum atomic E-state index is -3.65. The molecular formula is C7H6F4O2. The third-order valence-corrected chi connectivity index (χ3v) is 1.94. The molecule has 0 unspecified atom stereocenters. The van der Waals surface area contributed by atoms with Gasteiger partial charge in [0.1, 0.15) is 5.92 Å². The highest BCUT2D eigenvalue weighted by Gasteiger charge is 2.70. The molecule has 0 amide bonds. The van der Waals surface area contributed by atoms with Gasteiger partial charge in [0.15, 0.2) is 0 Å². The molecule has 0 aliphatic heterocycles. The summed E-state index contributed by atoms with van der Waals surface area (Å²) in [5.41, 5.74) is -1.14. The third-order valence-electron chi connectivity index (χ3n) is 1.94. The highest BCUT2D eigenvalue weighted by atomic mass is 19.3. The normalized spacial score (nSPS) is 24.9. The van der Waals surface area contributed by atoms with Crippen molar-refractivity contribution in [1.29, 1.82) is 0 Å². The van der Waals surface area contributed by atoms with E-state index in [1.165, 1.54) is 0 Å². The van der Waals surface area contributed by atoms with Crippen LogP contribution in [-0.2, 0) is 4.79 Å². The van der Waals surface area contributed by atoms with E-state index in [9.17, 15) is 22.4 Å². The molecule has 2 nitrogen and oxygen atoms in total. The van der Waals surface area contributed by atoms with Crippen molar-refractivity contribution in [1.82, 2.24) is 0 Å². The number of carbonyl (C=O) groups is 1. The Balaban J connectivity index is 2.89. The van der Waals surface area contributed by atoms with Gasteiger partial charge in [-0.1, -0.05) is 6.58 Å². The number of rotatable bonds is 2. The molecule has 0 aromatic rings. The number of carboxylic acids is 1. The van der Waals surface area contributed by atoms with Crippen LogP contribution in [0.2, 0.25) is 0 Å². The number of alkyl halides is 4. The largest absolute Gasteiger partial charge is 0.478 e. The molecule has 0 saturated heterocycles. The van der Waals surface area contributed by atoms with Gasteiger partial charge in [-0.25, -0.2) is 22.4 Å². The Labute approximate surface area is 70.9 Å². The van der Waals surface area contributed by atoms with Gasteiger partial charge in [0.25, 0.3) is 11.8 Å². The first-order chi connectivity index (χ1) is 5.68. The topological polar surface area (TPSA) is 37.3 Å². The molecule has 0 atom stereocenters. The second-order valence-corrected chi connectivity index (χ2v) is 2.96. The molecule has 0 aromatic heterocycles. The van der Waals surface area contributed by atoms with Gasteiger partial charge in [-0.05, 0) is 0 Å². The summed E-state index contributed by atoms with van der Waals surface area (Å²) in [6.45, 7) is 2.71. The van der Waals surface area contributed by atoms with Crippen LogP contribution < -0.4 is 0 Å². The Morgan fingerprint density at radius 1 is 1.31 bits per heavy atom. The van der Waals surface area contributed by atoms with Crippen LogP contribution in [0.3, 0.4) is 0 Å². The van der Waals surface area contributed by atoms with Gasteiger partial charge in [0.05, 0.1) is 6.42 Å². The van der Waals surface area contributed by atoms with E-state index in [2.05, 4.69) is 6.58 Å². The van der Waals surface area contributed by atoms with Crippen molar-refractivity contribution >= 4 is 5.97 Å². The Hall–Kier alpha value is -1.07. The molecule has 0 spiro atoms. The molecule has 1 rings (SSSR count). The van der Waals surface area contributed by atoms with Crippen LogP contribution in [0, 0.1) is 5.92 Å². The Bertz CT molecular complexity index is 258. The molecule has 1 aliphatic carbocycles. The molecule has 13 heavy (non-hydrogen) atoms. The average Bonchev–Trinajstić information content (AvgIpc) is 1.81. The zero-order valence-corrected chi connectivity index (χ0v) is 6.36. The minimum absolute atomic E-state index is 1.14. The van der Waals surface area contributed by atoms with Gasteiger partial charge in [-0.15, -0.1) is 0 Å². The van der Waals surface area contributed by atoms with Crippen LogP contribution in [0.4, 0.5) is 17.6 Å². The lowest BCUT2D eigenvalue weighted by Crippen LogP contribution is -2.58. The lowest BCUT2D eigenvalue weighted by atomic mass is 9.72. The number of carboxylic acid groups (broad SMARTS) is 1. The summed E-state index contributed by atoms with van der Waals surface area (Å²) in [4.78, 5) is 10.1. The Kier molecular flexibility index (Phi) is 1.90. The monoisotopic (exact) mass is 198 g/mol. The highest BCUT2D eigenvalue weighted by molar-refractivity contribution is 5.87. The summed E-state index contributed by atoms with van der Waals surface area (Å²) >= 11 is 0. The molecule has 0 bridgehead atoms. The first kappa shape index (κ1) is 10.0. The molecule has 74 valence electrons. The number of halogens is 4. The fourth-order valence-corrected chi connectivity index (χ4v) is 1.33. The van der Waals surface area contributed by atoms with Crippen LogP contribution >= 0.6 is 0 Å². The maximum Gasteiger partial charge on any atom is 0.331 e. The SMILES string of the molecule is C=C(C(=O)O)C1C(F)(F)CC1(F)F. The van der Waals surface area contributed by atoms with Gasteiger partial charge < -0.3 is 5.11 Å². The van der Waals surface area contributed by atoms with Gasteiger partial charge in [-0.3, -0.25) is 0 Å². The molecule has 1 saturated carbocycles. The first-order valence-electron chi connectivity index (χ1n) is 3.36.